The lowest BCUT2D eigenvalue weighted by Gasteiger charge is -2.40. The average Bonchev–Trinajstić information content (AvgIpc) is 2.56. The fraction of sp³-hybridized carbons (Fsp3) is 0.688. The number of nitrogens with one attached hydrogen (secondary N) is 1. The first-order chi connectivity index (χ1) is 11.5. The van der Waals surface area contributed by atoms with E-state index in [1.54, 1.807) is 0 Å². The highest BCUT2D eigenvalue weighted by atomic mass is 127. The van der Waals surface area contributed by atoms with Crippen molar-refractivity contribution in [3.63, 3.8) is 0 Å². The second-order valence-electron chi connectivity index (χ2n) is 6.91. The number of piperazine rings is 1. The third kappa shape index (κ3) is 4.22. The molecular weight excluding hydrogens is 417 g/mol. The van der Waals surface area contributed by atoms with E-state index in [1.807, 2.05) is 22.6 Å². The standard InChI is InChI=1S/C16H26IN7/c1-23-6-8-24(9-7-23)12-4-2-11(3-5-12)22-16-13(14(17)18)15(19)20-10-21-16/h10-12,18H,2-9H2,1H3,(H3,19,20,21,22)/p+1. The molecule has 2 fully saturated rings. The van der Waals surface area contributed by atoms with Gasteiger partial charge in [-0.25, -0.2) is 4.98 Å². The first-order valence-electron chi connectivity index (χ1n) is 8.67. The molecule has 24 heavy (non-hydrogen) atoms. The lowest BCUT2D eigenvalue weighted by atomic mass is 9.89. The molecule has 8 heteroatoms. The average molecular weight is 444 g/mol. The molecule has 1 saturated carbocycles. The fourth-order valence-corrected chi connectivity index (χ4v) is 4.36. The summed E-state index contributed by atoms with van der Waals surface area (Å²) in [5.74, 6) is 1.23. The van der Waals surface area contributed by atoms with Crippen molar-refractivity contribution in [3.8, 4) is 0 Å². The van der Waals surface area contributed by atoms with Crippen LogP contribution in [0.3, 0.4) is 0 Å². The van der Waals surface area contributed by atoms with Gasteiger partial charge in [-0.3, -0.25) is 15.6 Å². The molecule has 7 nitrogen and oxygen atoms in total. The van der Waals surface area contributed by atoms with E-state index in [-0.39, 0.29) is 0 Å². The van der Waals surface area contributed by atoms with Crippen molar-refractivity contribution in [1.29, 1.82) is 5.41 Å². The van der Waals surface area contributed by atoms with Gasteiger partial charge in [0.15, 0.2) is 0 Å². The zero-order chi connectivity index (χ0) is 17.1. The molecule has 1 aliphatic carbocycles. The lowest BCUT2D eigenvalue weighted by molar-refractivity contribution is -0.618. The van der Waals surface area contributed by atoms with Crippen molar-refractivity contribution in [1.82, 2.24) is 19.8 Å². The number of quaternary nitrogens is 1. The van der Waals surface area contributed by atoms with Gasteiger partial charge in [0.2, 0.25) is 5.82 Å². The summed E-state index contributed by atoms with van der Waals surface area (Å²) in [5, 5.41) is 10.1. The van der Waals surface area contributed by atoms with Crippen LogP contribution in [0.15, 0.2) is 6.33 Å². The lowest BCUT2D eigenvalue weighted by Crippen LogP contribution is -2.86. The molecule has 132 valence electrons. The van der Waals surface area contributed by atoms with Gasteiger partial charge in [-0.2, -0.15) is 4.98 Å². The predicted molar refractivity (Wildman–Crippen MR) is 104 cm³/mol. The van der Waals surface area contributed by atoms with Crippen LogP contribution in [-0.2, 0) is 0 Å². The van der Waals surface area contributed by atoms with Gasteiger partial charge in [-0.1, -0.05) is 0 Å². The summed E-state index contributed by atoms with van der Waals surface area (Å²) >= 11 is 1.98. The second-order valence-corrected chi connectivity index (χ2v) is 7.99. The zero-order valence-electron chi connectivity index (χ0n) is 14.2. The number of hydrogen-bond donors (Lipinski definition) is 3. The van der Waals surface area contributed by atoms with Crippen LogP contribution in [0.5, 0.6) is 0 Å². The van der Waals surface area contributed by atoms with Crippen LogP contribution in [0, 0.1) is 5.41 Å². The highest BCUT2D eigenvalue weighted by molar-refractivity contribution is 14.1. The van der Waals surface area contributed by atoms with Crippen molar-refractivity contribution < 1.29 is 5.32 Å². The Bertz CT molecular complexity index is 578. The Hall–Kier alpha value is -0.840. The van der Waals surface area contributed by atoms with Crippen LogP contribution in [-0.4, -0.2) is 68.8 Å². The summed E-state index contributed by atoms with van der Waals surface area (Å²) in [6.45, 7) is 4.78. The van der Waals surface area contributed by atoms with E-state index >= 15 is 0 Å². The van der Waals surface area contributed by atoms with Gasteiger partial charge in [0.05, 0.1) is 6.04 Å². The molecule has 3 rings (SSSR count). The molecule has 0 unspecified atom stereocenters. The van der Waals surface area contributed by atoms with Crippen LogP contribution in [0.2, 0.25) is 0 Å². The van der Waals surface area contributed by atoms with E-state index in [0.717, 1.165) is 11.9 Å². The van der Waals surface area contributed by atoms with Gasteiger partial charge in [-0.05, 0) is 42.5 Å². The van der Waals surface area contributed by atoms with E-state index in [9.17, 15) is 0 Å². The number of rotatable bonds is 4. The summed E-state index contributed by atoms with van der Waals surface area (Å²) in [7, 11) is 2.21. The Labute approximate surface area is 157 Å². The number of nitrogens with zero attached hydrogens (tertiary/aromatic N) is 4. The van der Waals surface area contributed by atoms with Gasteiger partial charge in [0.25, 0.3) is 0 Å². The summed E-state index contributed by atoms with van der Waals surface area (Å²) in [6, 6.07) is 1.26. The molecule has 1 aromatic rings. The van der Waals surface area contributed by atoms with Gasteiger partial charge < -0.3 is 10.6 Å². The van der Waals surface area contributed by atoms with Gasteiger partial charge in [0.1, 0.15) is 21.4 Å². The number of aromatic nitrogens is 2. The molecule has 0 bridgehead atoms. The molecule has 1 saturated heterocycles. The highest BCUT2D eigenvalue weighted by Gasteiger charge is 2.30. The Morgan fingerprint density at radius 2 is 1.88 bits per heavy atom. The van der Waals surface area contributed by atoms with Crippen molar-refractivity contribution >= 4 is 37.9 Å². The number of anilines is 1. The van der Waals surface area contributed by atoms with Gasteiger partial charge in [-0.15, -0.1) is 0 Å². The van der Waals surface area contributed by atoms with Crippen LogP contribution in [0.1, 0.15) is 31.2 Å². The van der Waals surface area contributed by atoms with Crippen molar-refractivity contribution in [2.24, 2.45) is 0 Å². The Morgan fingerprint density at radius 3 is 2.50 bits per heavy atom. The monoisotopic (exact) mass is 444 g/mol. The second kappa shape index (κ2) is 8.03. The highest BCUT2D eigenvalue weighted by Crippen LogP contribution is 2.24. The minimum absolute atomic E-state index is 0.404. The number of hydrogen-bond acceptors (Lipinski definition) is 6. The molecular formula is C16H27IN7+. The number of halogens is 1. The quantitative estimate of drug-likeness (QED) is 0.466. The van der Waals surface area contributed by atoms with Crippen molar-refractivity contribution in [3.05, 3.63) is 11.9 Å². The molecule has 1 aromatic heterocycles. The Morgan fingerprint density at radius 1 is 1.21 bits per heavy atom. The van der Waals surface area contributed by atoms with Gasteiger partial charge >= 0.3 is 0 Å². The van der Waals surface area contributed by atoms with E-state index in [2.05, 4.69) is 32.1 Å². The summed E-state index contributed by atoms with van der Waals surface area (Å²) in [6.07, 6.45) is 6.38. The third-order valence-corrected chi connectivity index (χ3v) is 5.85. The minimum atomic E-state index is 0.404. The number of nitrogens with two attached hydrogens (primary N) is 2. The Kier molecular flexibility index (Phi) is 6.01. The third-order valence-electron chi connectivity index (χ3n) is 5.31. The molecule has 0 atom stereocenters. The maximum atomic E-state index is 7.91. The van der Waals surface area contributed by atoms with Crippen molar-refractivity contribution in [2.45, 2.75) is 37.8 Å². The zero-order valence-corrected chi connectivity index (χ0v) is 16.4. The van der Waals surface area contributed by atoms with Crippen LogP contribution in [0.4, 0.5) is 11.6 Å². The first kappa shape index (κ1) is 18.0. The molecule has 2 aliphatic rings. The summed E-state index contributed by atoms with van der Waals surface area (Å²) in [4.78, 5) is 13.5. The minimum Gasteiger partial charge on any atom is -0.383 e. The van der Waals surface area contributed by atoms with Crippen LogP contribution >= 0.6 is 22.6 Å². The fourth-order valence-electron chi connectivity index (χ4n) is 3.81. The maximum Gasteiger partial charge on any atom is 0.239 e. The van der Waals surface area contributed by atoms with E-state index in [4.69, 9.17) is 11.1 Å². The first-order valence-corrected chi connectivity index (χ1v) is 9.75. The Balaban J connectivity index is 1.56. The van der Waals surface area contributed by atoms with Crippen molar-refractivity contribution in [2.75, 3.05) is 39.0 Å². The largest absolute Gasteiger partial charge is 0.383 e. The SMILES string of the molecule is CN1CCN(C2CCC([NH2+]c3ncnc(N)c3C(=N)I)CC2)CC1. The van der Waals surface area contributed by atoms with E-state index in [0.29, 0.717) is 21.1 Å². The summed E-state index contributed by atoms with van der Waals surface area (Å²) < 4.78 is 0.406. The molecule has 0 aromatic carbocycles. The van der Waals surface area contributed by atoms with Crippen LogP contribution in [0.25, 0.3) is 0 Å². The molecule has 1 aliphatic heterocycles. The molecule has 0 radical (unpaired) electrons. The van der Waals surface area contributed by atoms with E-state index in [1.165, 1.54) is 58.2 Å². The number of nitrogen functional groups attached to an aromatic ring is 1. The maximum absolute atomic E-state index is 7.91. The molecule has 5 N–H and O–H groups in total. The molecule has 0 amide bonds. The van der Waals surface area contributed by atoms with E-state index < -0.39 is 0 Å². The predicted octanol–water partition coefficient (Wildman–Crippen LogP) is 0.573. The molecule has 2 heterocycles. The van der Waals surface area contributed by atoms with Crippen LogP contribution < -0.4 is 11.1 Å². The normalized spacial score (nSPS) is 26.4. The topological polar surface area (TPSA) is 98.7 Å². The molecule has 0 spiro atoms. The van der Waals surface area contributed by atoms with Gasteiger partial charge in [0, 0.05) is 45.1 Å². The summed E-state index contributed by atoms with van der Waals surface area (Å²) in [5.41, 5.74) is 6.61. The smallest absolute Gasteiger partial charge is 0.239 e. The number of likely N-dealkylation sites (N-methyl/N-ethyl adjacent to an activating group) is 1.